The minimum atomic E-state index is 0.611. The number of rotatable bonds is 4. The van der Waals surface area contributed by atoms with Crippen LogP contribution >= 0.6 is 0 Å². The van der Waals surface area contributed by atoms with Crippen molar-refractivity contribution in [2.45, 2.75) is 20.3 Å². The Morgan fingerprint density at radius 2 is 1.67 bits per heavy atom. The molecule has 3 aromatic rings. The summed E-state index contributed by atoms with van der Waals surface area (Å²) in [5.41, 5.74) is 4.13. The molecule has 0 aliphatic rings. The Balaban J connectivity index is 2.03. The van der Waals surface area contributed by atoms with E-state index in [4.69, 9.17) is 0 Å². The largest absolute Gasteiger partial charge is 0.347 e. The lowest BCUT2D eigenvalue weighted by molar-refractivity contribution is 0.884. The molecule has 24 heavy (non-hydrogen) atoms. The summed E-state index contributed by atoms with van der Waals surface area (Å²) in [5, 5.41) is 0. The van der Waals surface area contributed by atoms with E-state index in [-0.39, 0.29) is 0 Å². The molecule has 0 unspecified atom stereocenters. The normalized spacial score (nSPS) is 10.7. The van der Waals surface area contributed by atoms with Gasteiger partial charge in [0.05, 0.1) is 0 Å². The van der Waals surface area contributed by atoms with Gasteiger partial charge in [-0.05, 0) is 31.5 Å². The zero-order valence-electron chi connectivity index (χ0n) is 14.5. The molecule has 0 N–H and O–H groups in total. The number of pyridine rings is 1. The van der Waals surface area contributed by atoms with E-state index in [1.165, 1.54) is 11.1 Å². The average molecular weight is 319 g/mol. The summed E-state index contributed by atoms with van der Waals surface area (Å²) in [5.74, 6) is 2.00. The van der Waals surface area contributed by atoms with E-state index in [1.807, 2.05) is 44.1 Å². The third kappa shape index (κ3) is 3.74. The van der Waals surface area contributed by atoms with Gasteiger partial charge in [-0.25, -0.2) is 9.97 Å². The highest BCUT2D eigenvalue weighted by Crippen LogP contribution is 2.17. The van der Waals surface area contributed by atoms with Crippen molar-refractivity contribution in [2.24, 2.45) is 0 Å². The van der Waals surface area contributed by atoms with Crippen LogP contribution < -0.4 is 4.90 Å². The van der Waals surface area contributed by atoms with Gasteiger partial charge in [-0.3, -0.25) is 0 Å². The second-order valence-corrected chi connectivity index (χ2v) is 6.10. The van der Waals surface area contributed by atoms with Crippen LogP contribution in [-0.4, -0.2) is 34.0 Å². The highest BCUT2D eigenvalue weighted by molar-refractivity contribution is 5.51. The second-order valence-electron chi connectivity index (χ2n) is 6.10. The summed E-state index contributed by atoms with van der Waals surface area (Å²) < 4.78 is 0. The van der Waals surface area contributed by atoms with Gasteiger partial charge in [0.2, 0.25) is 5.95 Å². The molecular formula is C19H21N5. The van der Waals surface area contributed by atoms with E-state index >= 15 is 0 Å². The number of nitrogens with zero attached hydrogens (tertiary/aromatic N) is 5. The van der Waals surface area contributed by atoms with Crippen LogP contribution in [0.4, 0.5) is 5.95 Å². The summed E-state index contributed by atoms with van der Waals surface area (Å²) in [6.07, 6.45) is 0.670. The number of benzene rings is 1. The molecule has 5 heteroatoms. The van der Waals surface area contributed by atoms with Crippen LogP contribution in [0.5, 0.6) is 0 Å². The summed E-state index contributed by atoms with van der Waals surface area (Å²) in [6, 6.07) is 14.3. The smallest absolute Gasteiger partial charge is 0.228 e. The van der Waals surface area contributed by atoms with Crippen molar-refractivity contribution in [1.29, 1.82) is 0 Å². The Morgan fingerprint density at radius 3 is 2.38 bits per heavy atom. The van der Waals surface area contributed by atoms with Crippen molar-refractivity contribution in [1.82, 2.24) is 19.9 Å². The molecule has 0 amide bonds. The Morgan fingerprint density at radius 1 is 0.875 bits per heavy atom. The van der Waals surface area contributed by atoms with E-state index in [0.717, 1.165) is 17.2 Å². The number of hydrogen-bond donors (Lipinski definition) is 0. The molecule has 2 aromatic heterocycles. The molecule has 0 saturated heterocycles. The van der Waals surface area contributed by atoms with Crippen LogP contribution in [0.2, 0.25) is 0 Å². The predicted octanol–water partition coefficient (Wildman–Crippen LogP) is 3.21. The molecule has 0 atom stereocenters. The number of anilines is 1. The summed E-state index contributed by atoms with van der Waals surface area (Å²) >= 11 is 0. The van der Waals surface area contributed by atoms with Crippen LogP contribution in [0.25, 0.3) is 11.5 Å². The third-order valence-electron chi connectivity index (χ3n) is 3.63. The van der Waals surface area contributed by atoms with E-state index in [0.29, 0.717) is 18.2 Å². The maximum atomic E-state index is 4.64. The molecule has 0 spiro atoms. The Hall–Kier alpha value is -2.82. The standard InChI is InChI=1S/C19H21N5/c1-13-7-5-9-15(11-13)12-17-21-18(23-19(22-17)24(3)4)16-10-6-8-14(2)20-16/h5-11H,12H2,1-4H3. The fourth-order valence-corrected chi connectivity index (χ4v) is 2.47. The molecule has 0 saturated carbocycles. The monoisotopic (exact) mass is 319 g/mol. The number of hydrogen-bond acceptors (Lipinski definition) is 5. The van der Waals surface area contributed by atoms with Gasteiger partial charge in [-0.1, -0.05) is 35.9 Å². The molecule has 5 nitrogen and oxygen atoms in total. The van der Waals surface area contributed by atoms with Crippen molar-refractivity contribution in [3.63, 3.8) is 0 Å². The van der Waals surface area contributed by atoms with Gasteiger partial charge in [-0.15, -0.1) is 0 Å². The first kappa shape index (κ1) is 16.1. The van der Waals surface area contributed by atoms with Crippen molar-refractivity contribution in [3.05, 3.63) is 65.1 Å². The predicted molar refractivity (Wildman–Crippen MR) is 96.1 cm³/mol. The summed E-state index contributed by atoms with van der Waals surface area (Å²) in [4.78, 5) is 20.2. The fourth-order valence-electron chi connectivity index (χ4n) is 2.47. The van der Waals surface area contributed by atoms with E-state index in [1.54, 1.807) is 0 Å². The van der Waals surface area contributed by atoms with Gasteiger partial charge < -0.3 is 4.90 Å². The molecule has 1 aromatic carbocycles. The first-order valence-electron chi connectivity index (χ1n) is 7.93. The van der Waals surface area contributed by atoms with Crippen molar-refractivity contribution in [2.75, 3.05) is 19.0 Å². The molecule has 0 fully saturated rings. The quantitative estimate of drug-likeness (QED) is 0.739. The second kappa shape index (κ2) is 6.74. The summed E-state index contributed by atoms with van der Waals surface area (Å²) in [7, 11) is 3.86. The van der Waals surface area contributed by atoms with E-state index in [9.17, 15) is 0 Å². The van der Waals surface area contributed by atoms with Gasteiger partial charge in [-0.2, -0.15) is 9.97 Å². The Labute approximate surface area is 142 Å². The topological polar surface area (TPSA) is 54.8 Å². The minimum Gasteiger partial charge on any atom is -0.347 e. The minimum absolute atomic E-state index is 0.611. The van der Waals surface area contributed by atoms with E-state index < -0.39 is 0 Å². The van der Waals surface area contributed by atoms with Gasteiger partial charge in [0, 0.05) is 26.2 Å². The van der Waals surface area contributed by atoms with Gasteiger partial charge in [0.25, 0.3) is 0 Å². The molecule has 0 bridgehead atoms. The number of aryl methyl sites for hydroxylation is 2. The lowest BCUT2D eigenvalue weighted by atomic mass is 10.1. The molecule has 2 heterocycles. The molecule has 122 valence electrons. The molecule has 0 radical (unpaired) electrons. The third-order valence-corrected chi connectivity index (χ3v) is 3.63. The molecule has 0 aliphatic heterocycles. The zero-order valence-corrected chi connectivity index (χ0v) is 14.5. The lowest BCUT2D eigenvalue weighted by Gasteiger charge is -2.13. The van der Waals surface area contributed by atoms with Crippen molar-refractivity contribution >= 4 is 5.95 Å². The van der Waals surface area contributed by atoms with Crippen LogP contribution in [0, 0.1) is 13.8 Å². The Kier molecular flexibility index (Phi) is 4.51. The lowest BCUT2D eigenvalue weighted by Crippen LogP contribution is -2.16. The van der Waals surface area contributed by atoms with Crippen LogP contribution in [0.15, 0.2) is 42.5 Å². The first-order valence-corrected chi connectivity index (χ1v) is 7.93. The summed E-state index contributed by atoms with van der Waals surface area (Å²) in [6.45, 7) is 4.05. The van der Waals surface area contributed by atoms with Gasteiger partial charge >= 0.3 is 0 Å². The molecule has 3 rings (SSSR count). The number of aromatic nitrogens is 4. The Bertz CT molecular complexity index is 858. The van der Waals surface area contributed by atoms with Gasteiger partial charge in [0.1, 0.15) is 11.5 Å². The highest BCUT2D eigenvalue weighted by atomic mass is 15.2. The maximum absolute atomic E-state index is 4.64. The zero-order chi connectivity index (χ0) is 17.1. The van der Waals surface area contributed by atoms with Gasteiger partial charge in [0.15, 0.2) is 5.82 Å². The highest BCUT2D eigenvalue weighted by Gasteiger charge is 2.11. The van der Waals surface area contributed by atoms with Crippen LogP contribution in [0.3, 0.4) is 0 Å². The van der Waals surface area contributed by atoms with Crippen LogP contribution in [-0.2, 0) is 6.42 Å². The van der Waals surface area contributed by atoms with Crippen molar-refractivity contribution in [3.8, 4) is 11.5 Å². The fraction of sp³-hybridized carbons (Fsp3) is 0.263. The average Bonchev–Trinajstić information content (AvgIpc) is 2.54. The van der Waals surface area contributed by atoms with E-state index in [2.05, 4.69) is 51.1 Å². The SMILES string of the molecule is Cc1cccc(Cc2nc(-c3cccc(C)n3)nc(N(C)C)n2)c1. The first-order chi connectivity index (χ1) is 11.5. The van der Waals surface area contributed by atoms with Crippen molar-refractivity contribution < 1.29 is 0 Å². The molecule has 0 aliphatic carbocycles. The molecular weight excluding hydrogens is 298 g/mol. The maximum Gasteiger partial charge on any atom is 0.228 e. The van der Waals surface area contributed by atoms with Crippen LogP contribution in [0.1, 0.15) is 22.6 Å².